The Morgan fingerprint density at radius 1 is 1.28 bits per heavy atom. The van der Waals surface area contributed by atoms with E-state index in [0.717, 1.165) is 28.2 Å². The molecule has 7 heteroatoms. The van der Waals surface area contributed by atoms with E-state index in [2.05, 4.69) is 20.4 Å². The van der Waals surface area contributed by atoms with E-state index in [4.69, 9.17) is 4.74 Å². The maximum Gasteiger partial charge on any atom is 0.246 e. The first-order valence-corrected chi connectivity index (χ1v) is 8.32. The first kappa shape index (κ1) is 17.2. The number of H-pyrrole nitrogens is 1. The van der Waals surface area contributed by atoms with E-state index >= 15 is 0 Å². The third-order valence-electron chi connectivity index (χ3n) is 3.91. The molecule has 2 N–H and O–H groups in total. The van der Waals surface area contributed by atoms with Gasteiger partial charge in [-0.2, -0.15) is 5.10 Å². The number of hydrogen-bond acceptors (Lipinski definition) is 4. The van der Waals surface area contributed by atoms with Gasteiger partial charge >= 0.3 is 0 Å². The van der Waals surface area contributed by atoms with Crippen LogP contribution in [0.4, 0.5) is 0 Å². The number of ether oxygens (including phenoxy) is 1. The molecule has 7 nitrogen and oxygen atoms in total. The number of hydrogen-bond donors (Lipinski definition) is 2. The number of nitrogens with one attached hydrogen (secondary N) is 2. The van der Waals surface area contributed by atoms with Gasteiger partial charge < -0.3 is 15.0 Å². The molecule has 132 valence electrons. The molecule has 0 saturated carbocycles. The molecule has 0 radical (unpaired) electrons. The van der Waals surface area contributed by atoms with Gasteiger partial charge in [-0.15, -0.1) is 0 Å². The molecule has 2 heterocycles. The predicted molar refractivity (Wildman–Crippen MR) is 95.2 cm³/mol. The normalized spacial score (nSPS) is 11.2. The fraction of sp³-hybridized carbons (Fsp3) is 0.389. The van der Waals surface area contributed by atoms with Gasteiger partial charge in [0.05, 0.1) is 23.3 Å². The lowest BCUT2D eigenvalue weighted by Gasteiger charge is -2.07. The van der Waals surface area contributed by atoms with E-state index < -0.39 is 0 Å². The summed E-state index contributed by atoms with van der Waals surface area (Å²) in [5.74, 6) is 0.574. The first-order chi connectivity index (χ1) is 12.0. The number of rotatable bonds is 7. The molecule has 0 aliphatic carbocycles. The number of fused-ring (bicyclic) bond motifs is 1. The fourth-order valence-corrected chi connectivity index (χ4v) is 2.74. The molecule has 0 bridgehead atoms. The summed E-state index contributed by atoms with van der Waals surface area (Å²) in [4.78, 5) is 19.5. The zero-order valence-electron chi connectivity index (χ0n) is 14.8. The van der Waals surface area contributed by atoms with Crippen LogP contribution in [0.2, 0.25) is 0 Å². The Morgan fingerprint density at radius 2 is 2.12 bits per heavy atom. The average molecular weight is 341 g/mol. The van der Waals surface area contributed by atoms with Crippen molar-refractivity contribution in [3.05, 3.63) is 47.0 Å². The second-order valence-corrected chi connectivity index (χ2v) is 6.20. The Balaban J connectivity index is 1.40. The summed E-state index contributed by atoms with van der Waals surface area (Å²) in [7, 11) is 0. The SMILES string of the molecule is Cc1ccc2nc(COCC(=O)NCCn3nc(C)cc3C)[nH]c2c1. The Bertz CT molecular complexity index is 881. The number of nitrogens with zero attached hydrogens (tertiary/aromatic N) is 3. The monoisotopic (exact) mass is 341 g/mol. The van der Waals surface area contributed by atoms with E-state index in [1.807, 2.05) is 49.7 Å². The molecule has 1 aromatic carbocycles. The van der Waals surface area contributed by atoms with Crippen LogP contribution in [0.1, 0.15) is 22.8 Å². The number of aromatic amines is 1. The van der Waals surface area contributed by atoms with Gasteiger partial charge in [0.15, 0.2) is 0 Å². The van der Waals surface area contributed by atoms with E-state index in [1.54, 1.807) is 0 Å². The summed E-state index contributed by atoms with van der Waals surface area (Å²) >= 11 is 0. The molecule has 0 aliphatic rings. The largest absolute Gasteiger partial charge is 0.364 e. The van der Waals surface area contributed by atoms with Crippen molar-refractivity contribution in [1.29, 1.82) is 0 Å². The van der Waals surface area contributed by atoms with Crippen molar-refractivity contribution in [2.75, 3.05) is 13.2 Å². The Kier molecular flexibility index (Phi) is 5.14. The molecule has 0 unspecified atom stereocenters. The summed E-state index contributed by atoms with van der Waals surface area (Å²) < 4.78 is 7.33. The van der Waals surface area contributed by atoms with Gasteiger partial charge in [-0.05, 0) is 44.5 Å². The van der Waals surface area contributed by atoms with Crippen LogP contribution in [0.25, 0.3) is 11.0 Å². The highest BCUT2D eigenvalue weighted by Gasteiger charge is 2.06. The van der Waals surface area contributed by atoms with Crippen molar-refractivity contribution < 1.29 is 9.53 Å². The molecule has 3 rings (SSSR count). The summed E-state index contributed by atoms with van der Waals surface area (Å²) in [6.45, 7) is 7.44. The van der Waals surface area contributed by atoms with Gasteiger partial charge in [0, 0.05) is 12.2 Å². The highest BCUT2D eigenvalue weighted by Crippen LogP contribution is 2.13. The molecular formula is C18H23N5O2. The minimum Gasteiger partial charge on any atom is -0.364 e. The standard InChI is InChI=1S/C18H23N5O2/c1-12-4-5-15-16(8-12)21-17(20-15)10-25-11-18(24)19-6-7-23-14(3)9-13(2)22-23/h4-5,8-9H,6-7,10-11H2,1-3H3,(H,19,24)(H,20,21). The third-order valence-corrected chi connectivity index (χ3v) is 3.91. The van der Waals surface area contributed by atoms with Crippen molar-refractivity contribution in [3.8, 4) is 0 Å². The predicted octanol–water partition coefficient (Wildman–Crippen LogP) is 2.02. The Labute approximate surface area is 146 Å². The molecule has 0 aliphatic heterocycles. The van der Waals surface area contributed by atoms with Crippen LogP contribution in [0, 0.1) is 20.8 Å². The number of imidazole rings is 1. The molecule has 0 atom stereocenters. The topological polar surface area (TPSA) is 84.8 Å². The number of amides is 1. The molecule has 0 saturated heterocycles. The van der Waals surface area contributed by atoms with Gasteiger partial charge in [-0.3, -0.25) is 9.48 Å². The summed E-state index contributed by atoms with van der Waals surface area (Å²) in [5.41, 5.74) is 5.12. The van der Waals surface area contributed by atoms with E-state index in [-0.39, 0.29) is 19.1 Å². The molecule has 25 heavy (non-hydrogen) atoms. The molecule has 0 spiro atoms. The minimum atomic E-state index is -0.145. The van der Waals surface area contributed by atoms with Gasteiger partial charge in [0.1, 0.15) is 19.0 Å². The van der Waals surface area contributed by atoms with Crippen molar-refractivity contribution in [1.82, 2.24) is 25.1 Å². The number of aryl methyl sites for hydroxylation is 3. The molecule has 0 fully saturated rings. The second-order valence-electron chi connectivity index (χ2n) is 6.20. The minimum absolute atomic E-state index is 0.00713. The fourth-order valence-electron chi connectivity index (χ4n) is 2.74. The second kappa shape index (κ2) is 7.48. The molecule has 1 amide bonds. The average Bonchev–Trinajstić information content (AvgIpc) is 3.09. The maximum atomic E-state index is 11.8. The summed E-state index contributed by atoms with van der Waals surface area (Å²) in [5, 5.41) is 7.19. The Hall–Kier alpha value is -2.67. The molecule has 3 aromatic rings. The maximum absolute atomic E-state index is 11.8. The van der Waals surface area contributed by atoms with E-state index in [1.165, 1.54) is 5.56 Å². The van der Waals surface area contributed by atoms with Crippen molar-refractivity contribution in [3.63, 3.8) is 0 Å². The van der Waals surface area contributed by atoms with Crippen molar-refractivity contribution >= 4 is 16.9 Å². The molecular weight excluding hydrogens is 318 g/mol. The highest BCUT2D eigenvalue weighted by atomic mass is 16.5. The van der Waals surface area contributed by atoms with Crippen LogP contribution in [-0.4, -0.2) is 38.8 Å². The van der Waals surface area contributed by atoms with Crippen LogP contribution >= 0.6 is 0 Å². The quantitative estimate of drug-likeness (QED) is 0.688. The van der Waals surface area contributed by atoms with Crippen molar-refractivity contribution in [2.24, 2.45) is 0 Å². The zero-order valence-corrected chi connectivity index (χ0v) is 14.8. The number of carbonyl (C=O) groups excluding carboxylic acids is 1. The van der Waals surface area contributed by atoms with Crippen LogP contribution < -0.4 is 5.32 Å². The Morgan fingerprint density at radius 3 is 2.88 bits per heavy atom. The first-order valence-electron chi connectivity index (χ1n) is 8.32. The van der Waals surface area contributed by atoms with E-state index in [9.17, 15) is 4.79 Å². The van der Waals surface area contributed by atoms with Gasteiger partial charge in [-0.1, -0.05) is 6.07 Å². The number of carbonyl (C=O) groups is 1. The smallest absolute Gasteiger partial charge is 0.246 e. The van der Waals surface area contributed by atoms with Crippen LogP contribution in [0.15, 0.2) is 24.3 Å². The third kappa shape index (κ3) is 4.45. The van der Waals surface area contributed by atoms with E-state index in [0.29, 0.717) is 13.1 Å². The van der Waals surface area contributed by atoms with Gasteiger partial charge in [-0.25, -0.2) is 4.98 Å². The van der Waals surface area contributed by atoms with Crippen LogP contribution in [0.5, 0.6) is 0 Å². The molecule has 2 aromatic heterocycles. The van der Waals surface area contributed by atoms with Crippen molar-refractivity contribution in [2.45, 2.75) is 33.9 Å². The summed E-state index contributed by atoms with van der Waals surface area (Å²) in [6.07, 6.45) is 0. The lowest BCUT2D eigenvalue weighted by molar-refractivity contribution is -0.126. The van der Waals surface area contributed by atoms with Gasteiger partial charge in [0.25, 0.3) is 0 Å². The lowest BCUT2D eigenvalue weighted by atomic mass is 10.2. The summed E-state index contributed by atoms with van der Waals surface area (Å²) in [6, 6.07) is 8.04. The number of benzene rings is 1. The number of aromatic nitrogens is 4. The van der Waals surface area contributed by atoms with Crippen LogP contribution in [0.3, 0.4) is 0 Å². The van der Waals surface area contributed by atoms with Gasteiger partial charge in [0.2, 0.25) is 5.91 Å². The zero-order chi connectivity index (χ0) is 17.8. The lowest BCUT2D eigenvalue weighted by Crippen LogP contribution is -2.31. The van der Waals surface area contributed by atoms with Crippen LogP contribution in [-0.2, 0) is 22.7 Å². The highest BCUT2D eigenvalue weighted by molar-refractivity contribution is 5.77.